The van der Waals surface area contributed by atoms with Crippen LogP contribution < -0.4 is 0 Å². The summed E-state index contributed by atoms with van der Waals surface area (Å²) in [4.78, 5) is 24.2. The van der Waals surface area contributed by atoms with Crippen molar-refractivity contribution in [1.29, 1.82) is 0 Å². The van der Waals surface area contributed by atoms with Crippen LogP contribution >= 0.6 is 0 Å². The topological polar surface area (TPSA) is 128 Å². The first-order chi connectivity index (χ1) is 12.2. The van der Waals surface area contributed by atoms with E-state index in [0.29, 0.717) is 0 Å². The minimum absolute atomic E-state index is 0.0236. The molecule has 0 radical (unpaired) electrons. The molecule has 1 saturated heterocycles. The Bertz CT molecular complexity index is 518. The maximum Gasteiger partial charge on any atom is 0.148 e. The molecule has 1 rings (SSSR count). The van der Waals surface area contributed by atoms with Crippen molar-refractivity contribution in [3.63, 3.8) is 0 Å². The molecule has 0 amide bonds. The van der Waals surface area contributed by atoms with Crippen LogP contribution in [0.3, 0.4) is 0 Å². The number of ether oxygens (including phenoxy) is 1. The third-order valence-corrected chi connectivity index (χ3v) is 5.25. The normalized spacial score (nSPS) is 28.4. The lowest BCUT2D eigenvalue weighted by Gasteiger charge is -2.28. The van der Waals surface area contributed by atoms with E-state index in [-0.39, 0.29) is 30.6 Å². The largest absolute Gasteiger partial charge is 0.396 e. The van der Waals surface area contributed by atoms with Gasteiger partial charge in [0.1, 0.15) is 17.2 Å². The number of ketones is 2. The van der Waals surface area contributed by atoms with Crippen LogP contribution in [0.25, 0.3) is 0 Å². The molecule has 0 aromatic rings. The van der Waals surface area contributed by atoms with Crippen molar-refractivity contribution in [3.05, 3.63) is 12.2 Å². The standard InChI is InChI=1S/C19H32O7/c1-5-7-11(3)18-19(4,26-18)17(25)14(10-21)16(24)13(9-20)15(23)8-12(22)6-2/h5,7,11,13-15,17-18,20-21,23,25H,6,8-10H2,1-4H3/b7-5-/t11-,13-,14+,15-,17-,18-,19+/m0/s1. The second-order valence-electron chi connectivity index (χ2n) is 7.20. The maximum atomic E-state index is 12.7. The van der Waals surface area contributed by atoms with Crippen molar-refractivity contribution in [3.8, 4) is 0 Å². The van der Waals surface area contributed by atoms with Crippen LogP contribution in [-0.4, -0.2) is 69.1 Å². The van der Waals surface area contributed by atoms with E-state index in [9.17, 15) is 30.0 Å². The van der Waals surface area contributed by atoms with Gasteiger partial charge < -0.3 is 25.2 Å². The van der Waals surface area contributed by atoms with Crippen molar-refractivity contribution in [2.75, 3.05) is 13.2 Å². The van der Waals surface area contributed by atoms with E-state index in [2.05, 4.69) is 0 Å². The van der Waals surface area contributed by atoms with Crippen LogP contribution in [0.15, 0.2) is 12.2 Å². The van der Waals surface area contributed by atoms with E-state index in [1.165, 1.54) is 0 Å². The number of hydrogen-bond acceptors (Lipinski definition) is 7. The zero-order chi connectivity index (χ0) is 20.1. The number of carbonyl (C=O) groups is 2. The Hall–Kier alpha value is -1.12. The van der Waals surface area contributed by atoms with Gasteiger partial charge >= 0.3 is 0 Å². The Balaban J connectivity index is 2.88. The highest BCUT2D eigenvalue weighted by Crippen LogP contribution is 2.46. The average molecular weight is 372 g/mol. The van der Waals surface area contributed by atoms with Crippen molar-refractivity contribution >= 4 is 11.6 Å². The van der Waals surface area contributed by atoms with Crippen LogP contribution in [0.1, 0.15) is 40.5 Å². The molecule has 7 nitrogen and oxygen atoms in total. The molecule has 1 heterocycles. The molecular weight excluding hydrogens is 340 g/mol. The van der Waals surface area contributed by atoms with E-state index in [1.807, 2.05) is 26.0 Å². The first kappa shape index (κ1) is 22.9. The Kier molecular flexibility index (Phi) is 8.56. The summed E-state index contributed by atoms with van der Waals surface area (Å²) in [6.07, 6.45) is 0.816. The zero-order valence-corrected chi connectivity index (χ0v) is 16.0. The SMILES string of the molecule is C/C=C\[C@H](C)[C@@H]1O[C@]1(C)[C@@H](O)[C@H](CO)C(=O)[C@@H](CO)[C@@H](O)CC(=O)CC. The first-order valence-corrected chi connectivity index (χ1v) is 9.11. The number of hydrogen-bond donors (Lipinski definition) is 4. The van der Waals surface area contributed by atoms with Gasteiger partial charge in [0.05, 0.1) is 43.4 Å². The minimum atomic E-state index is -1.35. The highest BCUT2D eigenvalue weighted by molar-refractivity contribution is 5.86. The summed E-state index contributed by atoms with van der Waals surface area (Å²) in [5, 5.41) is 40.0. The third kappa shape index (κ3) is 4.98. The lowest BCUT2D eigenvalue weighted by Crippen LogP contribution is -2.47. The summed E-state index contributed by atoms with van der Waals surface area (Å²) in [7, 11) is 0. The van der Waals surface area contributed by atoms with Crippen molar-refractivity contribution in [2.45, 2.75) is 64.4 Å². The number of allylic oxidation sites excluding steroid dienone is 1. The maximum absolute atomic E-state index is 12.7. The lowest BCUT2D eigenvalue weighted by atomic mass is 9.79. The summed E-state index contributed by atoms with van der Waals surface area (Å²) >= 11 is 0. The first-order valence-electron chi connectivity index (χ1n) is 9.11. The molecule has 0 bridgehead atoms. The highest BCUT2D eigenvalue weighted by Gasteiger charge is 2.61. The number of carbonyl (C=O) groups excluding carboxylic acids is 2. The number of aliphatic hydroxyl groups excluding tert-OH is 4. The molecular formula is C19H32O7. The van der Waals surface area contributed by atoms with Gasteiger partial charge in [-0.25, -0.2) is 0 Å². The number of Topliss-reactive ketones (excluding diaryl/α,β-unsaturated/α-hetero) is 2. The zero-order valence-electron chi connectivity index (χ0n) is 16.0. The van der Waals surface area contributed by atoms with Gasteiger partial charge in [-0.1, -0.05) is 26.0 Å². The van der Waals surface area contributed by atoms with Gasteiger partial charge in [-0.15, -0.1) is 0 Å². The fourth-order valence-electron chi connectivity index (χ4n) is 3.45. The predicted molar refractivity (Wildman–Crippen MR) is 95.3 cm³/mol. The summed E-state index contributed by atoms with van der Waals surface area (Å²) in [6.45, 7) is 5.79. The van der Waals surface area contributed by atoms with Crippen LogP contribution in [-0.2, 0) is 14.3 Å². The molecule has 0 unspecified atom stereocenters. The van der Waals surface area contributed by atoms with E-state index >= 15 is 0 Å². The predicted octanol–water partition coefficient (Wildman–Crippen LogP) is 0.233. The Morgan fingerprint density at radius 2 is 1.77 bits per heavy atom. The average Bonchev–Trinajstić information content (AvgIpc) is 3.29. The fourth-order valence-corrected chi connectivity index (χ4v) is 3.45. The monoisotopic (exact) mass is 372 g/mol. The van der Waals surface area contributed by atoms with Gasteiger partial charge in [-0.2, -0.15) is 0 Å². The summed E-state index contributed by atoms with van der Waals surface area (Å²) in [5.74, 6) is -3.34. The Morgan fingerprint density at radius 1 is 1.19 bits per heavy atom. The summed E-state index contributed by atoms with van der Waals surface area (Å²) in [6, 6.07) is 0. The van der Waals surface area contributed by atoms with Crippen LogP contribution in [0, 0.1) is 17.8 Å². The molecule has 1 fully saturated rings. The molecule has 0 aromatic heterocycles. The quantitative estimate of drug-likeness (QED) is 0.285. The summed E-state index contributed by atoms with van der Waals surface area (Å²) < 4.78 is 5.63. The molecule has 0 aliphatic carbocycles. The van der Waals surface area contributed by atoms with Crippen molar-refractivity contribution in [1.82, 2.24) is 0 Å². The fraction of sp³-hybridized carbons (Fsp3) is 0.789. The molecule has 7 heteroatoms. The number of epoxide rings is 1. The van der Waals surface area contributed by atoms with E-state index < -0.39 is 48.6 Å². The summed E-state index contributed by atoms with van der Waals surface area (Å²) in [5.41, 5.74) is -0.994. The van der Waals surface area contributed by atoms with Crippen LogP contribution in [0.2, 0.25) is 0 Å². The second kappa shape index (κ2) is 9.71. The smallest absolute Gasteiger partial charge is 0.148 e. The number of rotatable bonds is 12. The molecule has 0 aromatic carbocycles. The molecule has 1 aliphatic rings. The van der Waals surface area contributed by atoms with Gasteiger partial charge in [-0.3, -0.25) is 9.59 Å². The van der Waals surface area contributed by atoms with E-state index in [0.717, 1.165) is 0 Å². The van der Waals surface area contributed by atoms with E-state index in [1.54, 1.807) is 13.8 Å². The van der Waals surface area contributed by atoms with Gasteiger partial charge in [-0.05, 0) is 13.8 Å². The molecule has 4 N–H and O–H groups in total. The van der Waals surface area contributed by atoms with Crippen LogP contribution in [0.5, 0.6) is 0 Å². The second-order valence-corrected chi connectivity index (χ2v) is 7.20. The molecule has 1 aliphatic heterocycles. The van der Waals surface area contributed by atoms with Crippen molar-refractivity contribution < 1.29 is 34.8 Å². The van der Waals surface area contributed by atoms with Gasteiger partial charge in [0, 0.05) is 18.8 Å². The molecule has 0 spiro atoms. The van der Waals surface area contributed by atoms with Gasteiger partial charge in [0.15, 0.2) is 0 Å². The molecule has 0 saturated carbocycles. The Labute approximate surface area is 154 Å². The minimum Gasteiger partial charge on any atom is -0.396 e. The van der Waals surface area contributed by atoms with Crippen molar-refractivity contribution in [2.24, 2.45) is 17.8 Å². The van der Waals surface area contributed by atoms with Gasteiger partial charge in [0.25, 0.3) is 0 Å². The third-order valence-electron chi connectivity index (χ3n) is 5.25. The number of aliphatic hydroxyl groups is 4. The van der Waals surface area contributed by atoms with Crippen LogP contribution in [0.4, 0.5) is 0 Å². The van der Waals surface area contributed by atoms with E-state index in [4.69, 9.17) is 4.74 Å². The van der Waals surface area contributed by atoms with Gasteiger partial charge in [0.2, 0.25) is 0 Å². The Morgan fingerprint density at radius 3 is 2.23 bits per heavy atom. The lowest BCUT2D eigenvalue weighted by molar-refractivity contribution is -0.140. The highest BCUT2D eigenvalue weighted by atomic mass is 16.6. The molecule has 7 atom stereocenters. The molecule has 150 valence electrons. The molecule has 26 heavy (non-hydrogen) atoms.